The number of hydrogen-bond acceptors (Lipinski definition) is 3. The van der Waals surface area contributed by atoms with Crippen molar-refractivity contribution in [3.8, 4) is 0 Å². The molecule has 1 N–H and O–H groups in total. The zero-order valence-corrected chi connectivity index (χ0v) is 12.6. The number of aryl methyl sites for hydroxylation is 1. The molecule has 0 amide bonds. The molecule has 1 aromatic rings. The standard InChI is InChI=1S/C16H19N3O2/c1-4-19(5-2)10-18-14-7-6-11(3)8-12(14)9-13(16(20)21)15(18)17-19/h6-9H,4-5,10H2,1-3H3/p+1. The Morgan fingerprint density at radius 1 is 1.38 bits per heavy atom. The van der Waals surface area contributed by atoms with Crippen molar-refractivity contribution >= 4 is 23.6 Å². The van der Waals surface area contributed by atoms with E-state index in [0.717, 1.165) is 29.9 Å². The summed E-state index contributed by atoms with van der Waals surface area (Å²) < 4.78 is 0.549. The lowest BCUT2D eigenvalue weighted by molar-refractivity contribution is -0.925. The third-order valence-corrected chi connectivity index (χ3v) is 4.39. The molecule has 2 aliphatic rings. The van der Waals surface area contributed by atoms with Gasteiger partial charge in [0.25, 0.3) is 0 Å². The average molecular weight is 286 g/mol. The van der Waals surface area contributed by atoms with Gasteiger partial charge < -0.3 is 5.11 Å². The fourth-order valence-corrected chi connectivity index (χ4v) is 2.98. The molecular weight excluding hydrogens is 266 g/mol. The minimum Gasteiger partial charge on any atom is -0.478 e. The highest BCUT2D eigenvalue weighted by Gasteiger charge is 2.43. The van der Waals surface area contributed by atoms with Gasteiger partial charge in [0.05, 0.1) is 5.69 Å². The van der Waals surface area contributed by atoms with Crippen LogP contribution in [0.5, 0.6) is 0 Å². The lowest BCUT2D eigenvalue weighted by atomic mass is 10.00. The number of carbonyl (C=O) groups is 1. The summed E-state index contributed by atoms with van der Waals surface area (Å²) >= 11 is 0. The highest BCUT2D eigenvalue weighted by molar-refractivity contribution is 6.29. The maximum absolute atomic E-state index is 11.6. The predicted octanol–water partition coefficient (Wildman–Crippen LogP) is 2.42. The number of carboxylic acids is 1. The van der Waals surface area contributed by atoms with Gasteiger partial charge in [0, 0.05) is 0 Å². The van der Waals surface area contributed by atoms with Gasteiger partial charge in [-0.25, -0.2) is 4.79 Å². The number of carboxylic acid groups (broad SMARTS) is 1. The zero-order valence-electron chi connectivity index (χ0n) is 12.6. The minimum atomic E-state index is -0.918. The Bertz CT molecular complexity index is 672. The first-order valence-electron chi connectivity index (χ1n) is 7.29. The molecule has 21 heavy (non-hydrogen) atoms. The highest BCUT2D eigenvalue weighted by Crippen LogP contribution is 2.36. The smallest absolute Gasteiger partial charge is 0.339 e. The molecule has 0 unspecified atom stereocenters. The van der Waals surface area contributed by atoms with Crippen LogP contribution in [0.2, 0.25) is 0 Å². The van der Waals surface area contributed by atoms with E-state index < -0.39 is 5.97 Å². The van der Waals surface area contributed by atoms with Gasteiger partial charge in [-0.3, -0.25) is 4.90 Å². The lowest BCUT2D eigenvalue weighted by Crippen LogP contribution is -2.45. The molecule has 110 valence electrons. The third-order valence-electron chi connectivity index (χ3n) is 4.39. The predicted molar refractivity (Wildman–Crippen MR) is 82.9 cm³/mol. The van der Waals surface area contributed by atoms with Gasteiger partial charge in [0.2, 0.25) is 5.84 Å². The molecule has 3 rings (SSSR count). The molecule has 5 nitrogen and oxygen atoms in total. The van der Waals surface area contributed by atoms with Gasteiger partial charge in [-0.1, -0.05) is 16.7 Å². The first kappa shape index (κ1) is 13.8. The molecule has 0 saturated heterocycles. The molecule has 0 aromatic heterocycles. The Morgan fingerprint density at radius 3 is 2.71 bits per heavy atom. The SMILES string of the molecule is CC[N+]1(CC)CN2C(=N1)C(C(=O)O)=Cc1cc(C)ccc12. The molecular formula is C16H20N3O2+. The summed E-state index contributed by atoms with van der Waals surface area (Å²) in [5, 5.41) is 14.2. The first-order chi connectivity index (χ1) is 9.99. The topological polar surface area (TPSA) is 52.9 Å². The van der Waals surface area contributed by atoms with Crippen molar-refractivity contribution in [3.63, 3.8) is 0 Å². The summed E-state index contributed by atoms with van der Waals surface area (Å²) in [5.74, 6) is -0.333. The van der Waals surface area contributed by atoms with Crippen LogP contribution in [0, 0.1) is 6.92 Å². The molecule has 0 bridgehead atoms. The normalized spacial score (nSPS) is 18.7. The number of anilines is 1. The highest BCUT2D eigenvalue weighted by atomic mass is 16.4. The van der Waals surface area contributed by atoms with E-state index in [-0.39, 0.29) is 5.57 Å². The van der Waals surface area contributed by atoms with Gasteiger partial charge >= 0.3 is 5.97 Å². The fourth-order valence-electron chi connectivity index (χ4n) is 2.98. The quantitative estimate of drug-likeness (QED) is 0.868. The van der Waals surface area contributed by atoms with E-state index in [1.807, 2.05) is 17.9 Å². The van der Waals surface area contributed by atoms with Crippen molar-refractivity contribution in [1.29, 1.82) is 0 Å². The third kappa shape index (κ3) is 2.05. The van der Waals surface area contributed by atoms with Crippen LogP contribution in [0.25, 0.3) is 6.08 Å². The van der Waals surface area contributed by atoms with E-state index in [1.54, 1.807) is 6.08 Å². The van der Waals surface area contributed by atoms with Gasteiger partial charge in [-0.2, -0.15) is 4.59 Å². The van der Waals surface area contributed by atoms with Crippen LogP contribution in [0.4, 0.5) is 5.69 Å². The number of rotatable bonds is 3. The maximum atomic E-state index is 11.6. The van der Waals surface area contributed by atoms with Crippen LogP contribution in [-0.4, -0.2) is 41.3 Å². The number of quaternary nitrogens is 1. The Balaban J connectivity index is 2.19. The van der Waals surface area contributed by atoms with E-state index >= 15 is 0 Å². The number of fused-ring (bicyclic) bond motifs is 3. The van der Waals surface area contributed by atoms with E-state index in [1.165, 1.54) is 0 Å². The van der Waals surface area contributed by atoms with Crippen molar-refractivity contribution < 1.29 is 14.5 Å². The van der Waals surface area contributed by atoms with Crippen LogP contribution in [0.1, 0.15) is 25.0 Å². The van der Waals surface area contributed by atoms with Crippen LogP contribution >= 0.6 is 0 Å². The number of hydrogen-bond donors (Lipinski definition) is 1. The number of benzene rings is 1. The van der Waals surface area contributed by atoms with Crippen molar-refractivity contribution in [2.45, 2.75) is 20.8 Å². The van der Waals surface area contributed by atoms with Crippen LogP contribution in [-0.2, 0) is 4.79 Å². The summed E-state index contributed by atoms with van der Waals surface area (Å²) in [6, 6.07) is 6.14. The molecule has 0 fully saturated rings. The maximum Gasteiger partial charge on any atom is 0.339 e. The molecule has 0 saturated carbocycles. The number of amidine groups is 1. The molecule has 0 aliphatic carbocycles. The molecule has 5 heteroatoms. The molecule has 1 aromatic carbocycles. The van der Waals surface area contributed by atoms with E-state index in [9.17, 15) is 9.90 Å². The van der Waals surface area contributed by atoms with Gasteiger partial charge in [-0.05, 0) is 44.5 Å². The van der Waals surface area contributed by atoms with Crippen molar-refractivity contribution in [2.75, 3.05) is 24.7 Å². The van der Waals surface area contributed by atoms with E-state index in [4.69, 9.17) is 5.10 Å². The summed E-state index contributed by atoms with van der Waals surface area (Å²) in [6.07, 6.45) is 1.74. The van der Waals surface area contributed by atoms with Crippen molar-refractivity contribution in [1.82, 2.24) is 0 Å². The van der Waals surface area contributed by atoms with Gasteiger partial charge in [0.1, 0.15) is 18.7 Å². The monoisotopic (exact) mass is 286 g/mol. The zero-order chi connectivity index (χ0) is 15.2. The van der Waals surface area contributed by atoms with Crippen LogP contribution < -0.4 is 4.90 Å². The largest absolute Gasteiger partial charge is 0.478 e. The van der Waals surface area contributed by atoms with Crippen molar-refractivity contribution in [2.24, 2.45) is 5.10 Å². The number of nitrogens with zero attached hydrogens (tertiary/aromatic N) is 3. The summed E-state index contributed by atoms with van der Waals surface area (Å²) in [4.78, 5) is 13.6. The molecule has 0 spiro atoms. The number of aliphatic carboxylic acids is 1. The minimum absolute atomic E-state index is 0.287. The van der Waals surface area contributed by atoms with Crippen LogP contribution in [0.15, 0.2) is 28.9 Å². The van der Waals surface area contributed by atoms with Crippen LogP contribution in [0.3, 0.4) is 0 Å². The second kappa shape index (κ2) is 4.70. The van der Waals surface area contributed by atoms with Crippen molar-refractivity contribution in [3.05, 3.63) is 34.9 Å². The summed E-state index contributed by atoms with van der Waals surface area (Å²) in [7, 11) is 0. The Hall–Kier alpha value is -2.14. The Kier molecular flexibility index (Phi) is 3.10. The van der Waals surface area contributed by atoms with Gasteiger partial charge in [-0.15, -0.1) is 0 Å². The molecule has 0 radical (unpaired) electrons. The molecule has 2 aliphatic heterocycles. The first-order valence-corrected chi connectivity index (χ1v) is 7.29. The molecule has 0 atom stereocenters. The van der Waals surface area contributed by atoms with Gasteiger partial charge in [0.15, 0.2) is 6.67 Å². The fraction of sp³-hybridized carbons (Fsp3) is 0.375. The second-order valence-electron chi connectivity index (χ2n) is 5.65. The Morgan fingerprint density at radius 2 is 2.10 bits per heavy atom. The average Bonchev–Trinajstić information content (AvgIpc) is 2.86. The second-order valence-corrected chi connectivity index (χ2v) is 5.65. The summed E-state index contributed by atoms with van der Waals surface area (Å²) in [5.41, 5.74) is 3.42. The molecule has 2 heterocycles. The van der Waals surface area contributed by atoms with E-state index in [0.29, 0.717) is 17.1 Å². The summed E-state index contributed by atoms with van der Waals surface area (Å²) in [6.45, 7) is 8.59. The van der Waals surface area contributed by atoms with E-state index in [2.05, 4.69) is 26.0 Å². The lowest BCUT2D eigenvalue weighted by Gasteiger charge is -2.29. The Labute approximate surface area is 124 Å².